The lowest BCUT2D eigenvalue weighted by Gasteiger charge is -2.12. The Kier molecular flexibility index (Phi) is 9.35. The van der Waals surface area contributed by atoms with E-state index in [1.165, 1.54) is 0 Å². The van der Waals surface area contributed by atoms with Gasteiger partial charge in [-0.25, -0.2) is 15.0 Å². The Balaban J connectivity index is 0.970. The van der Waals surface area contributed by atoms with Gasteiger partial charge in [-0.15, -0.1) is 0 Å². The first-order chi connectivity index (χ1) is 33.7. The lowest BCUT2D eigenvalue weighted by Crippen LogP contribution is -2.06. The van der Waals surface area contributed by atoms with Gasteiger partial charge in [0.2, 0.25) is 5.95 Å². The van der Waals surface area contributed by atoms with E-state index >= 15 is 0 Å². The quantitative estimate of drug-likeness (QED) is 0.152. The minimum absolute atomic E-state index is 0.557. The molecule has 4 heterocycles. The highest BCUT2D eigenvalue weighted by Gasteiger charge is 2.22. The Morgan fingerprint density at radius 2 is 0.603 bits per heavy atom. The molecule has 0 aliphatic rings. The highest BCUT2D eigenvalue weighted by Crippen LogP contribution is 2.40. The molecular formula is C61H39N7. The van der Waals surface area contributed by atoms with Crippen LogP contribution < -0.4 is 0 Å². The van der Waals surface area contributed by atoms with Crippen LogP contribution in [0.25, 0.3) is 123 Å². The Hall–Kier alpha value is -9.33. The molecule has 68 heavy (non-hydrogen) atoms. The summed E-state index contributed by atoms with van der Waals surface area (Å²) < 4.78 is 4.58. The molecule has 0 radical (unpaired) electrons. The summed E-state index contributed by atoms with van der Waals surface area (Å²) in [5.74, 6) is 2.47. The van der Waals surface area contributed by atoms with Crippen LogP contribution in [0.15, 0.2) is 237 Å². The van der Waals surface area contributed by atoms with Crippen molar-refractivity contribution in [1.82, 2.24) is 34.1 Å². The van der Waals surface area contributed by atoms with Crippen molar-refractivity contribution in [1.29, 1.82) is 0 Å². The molecule has 0 saturated heterocycles. The van der Waals surface area contributed by atoms with Crippen LogP contribution in [0, 0.1) is 0 Å². The van der Waals surface area contributed by atoms with E-state index in [0.29, 0.717) is 23.4 Å². The van der Waals surface area contributed by atoms with Gasteiger partial charge in [-0.2, -0.15) is 9.97 Å². The molecule has 13 rings (SSSR count). The van der Waals surface area contributed by atoms with Gasteiger partial charge in [-0.05, 0) is 53.6 Å². The van der Waals surface area contributed by atoms with E-state index in [1.54, 1.807) is 0 Å². The highest BCUT2D eigenvalue weighted by molar-refractivity contribution is 6.19. The molecule has 9 aromatic carbocycles. The molecule has 0 aliphatic heterocycles. The third kappa shape index (κ3) is 6.80. The van der Waals surface area contributed by atoms with Gasteiger partial charge >= 0.3 is 0 Å². The fraction of sp³-hybridized carbons (Fsp3) is 0. The normalized spacial score (nSPS) is 11.5. The van der Waals surface area contributed by atoms with E-state index < -0.39 is 0 Å². The monoisotopic (exact) mass is 869 g/mol. The van der Waals surface area contributed by atoms with Gasteiger partial charge in [-0.1, -0.05) is 194 Å². The average Bonchev–Trinajstić information content (AvgIpc) is 3.93. The number of hydrogen-bond acceptors (Lipinski definition) is 5. The van der Waals surface area contributed by atoms with E-state index in [2.05, 4.69) is 185 Å². The largest absolute Gasteiger partial charge is 0.309 e. The van der Waals surface area contributed by atoms with Gasteiger partial charge in [0.25, 0.3) is 0 Å². The molecule has 0 saturated carbocycles. The van der Waals surface area contributed by atoms with Crippen LogP contribution in [0.5, 0.6) is 0 Å². The molecule has 7 nitrogen and oxygen atoms in total. The smallest absolute Gasteiger partial charge is 0.238 e. The second kappa shape index (κ2) is 16.3. The van der Waals surface area contributed by atoms with Crippen molar-refractivity contribution >= 4 is 43.6 Å². The van der Waals surface area contributed by atoms with Gasteiger partial charge in [0, 0.05) is 55.0 Å². The summed E-state index contributed by atoms with van der Waals surface area (Å²) in [5, 5.41) is 4.50. The fourth-order valence-electron chi connectivity index (χ4n) is 9.53. The van der Waals surface area contributed by atoms with Gasteiger partial charge in [0.1, 0.15) is 0 Å². The van der Waals surface area contributed by atoms with Crippen LogP contribution in [-0.4, -0.2) is 34.1 Å². The van der Waals surface area contributed by atoms with Gasteiger partial charge < -0.3 is 4.57 Å². The second-order valence-corrected chi connectivity index (χ2v) is 16.9. The summed E-state index contributed by atoms with van der Waals surface area (Å²) >= 11 is 0. The average molecular weight is 870 g/mol. The third-order valence-electron chi connectivity index (χ3n) is 12.8. The molecule has 0 amide bonds. The van der Waals surface area contributed by atoms with Crippen molar-refractivity contribution in [2.75, 3.05) is 0 Å². The predicted molar refractivity (Wildman–Crippen MR) is 277 cm³/mol. The standard InChI is InChI=1S/C61H39N7/c1-5-17-40(18-6-1)41-29-31-46(32-30-41)60-64-59(45-23-11-4-12-24-45)65-61(66-60)68-55-28-16-14-26-49(55)51-37-56-50(38-57(51)68)48-25-13-15-27-54(48)67(56)47-35-33-43(34-36-47)53-39-52(42-19-7-2-8-20-42)62-58(63-53)44-21-9-3-10-22-44/h1-39H. The van der Waals surface area contributed by atoms with Gasteiger partial charge in [0.05, 0.1) is 33.5 Å². The van der Waals surface area contributed by atoms with Crippen molar-refractivity contribution in [2.45, 2.75) is 0 Å². The Morgan fingerprint density at radius 1 is 0.235 bits per heavy atom. The summed E-state index contributed by atoms with van der Waals surface area (Å²) in [7, 11) is 0. The van der Waals surface area contributed by atoms with E-state index in [4.69, 9.17) is 24.9 Å². The Morgan fingerprint density at radius 3 is 1.15 bits per heavy atom. The lowest BCUT2D eigenvalue weighted by atomic mass is 10.0. The SMILES string of the molecule is c1ccc(-c2ccc(-c3nc(-c4ccccc4)nc(-n4c5ccccc5c5cc6c(cc54)c4ccccc4n6-c4ccc(-c5cc(-c6ccccc6)nc(-c6ccccc6)n5)cc4)n3)cc2)cc1. The molecule has 0 aliphatic carbocycles. The van der Waals surface area contributed by atoms with Crippen LogP contribution in [0.2, 0.25) is 0 Å². The molecule has 318 valence electrons. The summed E-state index contributed by atoms with van der Waals surface area (Å²) in [4.78, 5) is 25.7. The first-order valence-corrected chi connectivity index (χ1v) is 22.7. The maximum absolute atomic E-state index is 5.27. The van der Waals surface area contributed by atoms with E-state index in [9.17, 15) is 0 Å². The molecule has 0 atom stereocenters. The maximum Gasteiger partial charge on any atom is 0.238 e. The van der Waals surface area contributed by atoms with Crippen LogP contribution in [0.3, 0.4) is 0 Å². The topological polar surface area (TPSA) is 74.3 Å². The zero-order chi connectivity index (χ0) is 45.0. The minimum atomic E-state index is 0.557. The van der Waals surface area contributed by atoms with Crippen molar-refractivity contribution in [2.24, 2.45) is 0 Å². The molecule has 0 N–H and O–H groups in total. The van der Waals surface area contributed by atoms with Crippen molar-refractivity contribution in [3.8, 4) is 79.4 Å². The number of para-hydroxylation sites is 2. The maximum atomic E-state index is 5.27. The predicted octanol–water partition coefficient (Wildman–Crippen LogP) is 14.9. The number of hydrogen-bond donors (Lipinski definition) is 0. The number of fused-ring (bicyclic) bond motifs is 6. The fourth-order valence-corrected chi connectivity index (χ4v) is 9.53. The van der Waals surface area contributed by atoms with Crippen LogP contribution in [-0.2, 0) is 0 Å². The molecule has 4 aromatic heterocycles. The Labute approximate surface area is 392 Å². The van der Waals surface area contributed by atoms with Crippen LogP contribution in [0.4, 0.5) is 0 Å². The molecule has 0 unspecified atom stereocenters. The van der Waals surface area contributed by atoms with Crippen LogP contribution in [0.1, 0.15) is 0 Å². The van der Waals surface area contributed by atoms with Crippen molar-refractivity contribution in [3.63, 3.8) is 0 Å². The lowest BCUT2D eigenvalue weighted by molar-refractivity contribution is 0.954. The van der Waals surface area contributed by atoms with E-state index in [-0.39, 0.29) is 0 Å². The summed E-state index contributed by atoms with van der Waals surface area (Å²) in [6.45, 7) is 0. The number of aromatic nitrogens is 7. The molecule has 0 bridgehead atoms. The zero-order valence-corrected chi connectivity index (χ0v) is 36.6. The third-order valence-corrected chi connectivity index (χ3v) is 12.8. The number of nitrogens with zero attached hydrogens (tertiary/aromatic N) is 7. The highest BCUT2D eigenvalue weighted by atomic mass is 15.2. The van der Waals surface area contributed by atoms with E-state index in [0.717, 1.165) is 99.6 Å². The van der Waals surface area contributed by atoms with Crippen molar-refractivity contribution in [3.05, 3.63) is 237 Å². The van der Waals surface area contributed by atoms with Gasteiger partial charge in [0.15, 0.2) is 17.5 Å². The summed E-state index contributed by atoms with van der Waals surface area (Å²) in [6, 6.07) is 82.2. The first-order valence-electron chi connectivity index (χ1n) is 22.7. The molecule has 13 aromatic rings. The van der Waals surface area contributed by atoms with Crippen LogP contribution >= 0.6 is 0 Å². The first kappa shape index (κ1) is 39.1. The summed E-state index contributed by atoms with van der Waals surface area (Å²) in [5.41, 5.74) is 14.2. The molecule has 0 spiro atoms. The second-order valence-electron chi connectivity index (χ2n) is 16.9. The molecule has 7 heteroatoms. The van der Waals surface area contributed by atoms with E-state index in [1.807, 2.05) is 60.7 Å². The number of benzene rings is 9. The van der Waals surface area contributed by atoms with Gasteiger partial charge in [-0.3, -0.25) is 4.57 Å². The zero-order valence-electron chi connectivity index (χ0n) is 36.6. The molecule has 0 fully saturated rings. The van der Waals surface area contributed by atoms with Crippen molar-refractivity contribution < 1.29 is 0 Å². The molecular weight excluding hydrogens is 831 g/mol. The minimum Gasteiger partial charge on any atom is -0.309 e. The Bertz CT molecular complexity index is 3920. The number of rotatable bonds is 8. The summed E-state index contributed by atoms with van der Waals surface area (Å²) in [6.07, 6.45) is 0.